The van der Waals surface area contributed by atoms with Crippen molar-refractivity contribution in [2.24, 2.45) is 7.05 Å². The molecule has 2 heterocycles. The summed E-state index contributed by atoms with van der Waals surface area (Å²) in [5.74, 6) is -0.0664. The van der Waals surface area contributed by atoms with Gasteiger partial charge in [-0.3, -0.25) is 9.48 Å². The zero-order chi connectivity index (χ0) is 13.8. The first kappa shape index (κ1) is 13.7. The first-order valence-corrected chi connectivity index (χ1v) is 6.82. The van der Waals surface area contributed by atoms with Crippen molar-refractivity contribution in [1.29, 1.82) is 0 Å². The molecule has 2 rings (SSSR count). The van der Waals surface area contributed by atoms with E-state index in [1.54, 1.807) is 34.8 Å². The molecule has 0 saturated carbocycles. The van der Waals surface area contributed by atoms with Crippen LogP contribution in [0.25, 0.3) is 0 Å². The van der Waals surface area contributed by atoms with Crippen LogP contribution in [0.2, 0.25) is 0 Å². The fourth-order valence-corrected chi connectivity index (χ4v) is 2.52. The van der Waals surface area contributed by atoms with Crippen molar-refractivity contribution in [3.8, 4) is 0 Å². The molecule has 0 fully saturated rings. The lowest BCUT2D eigenvalue weighted by molar-refractivity contribution is -0.123. The second-order valence-electron chi connectivity index (χ2n) is 4.25. The van der Waals surface area contributed by atoms with Crippen molar-refractivity contribution >= 4 is 17.2 Å². The Morgan fingerprint density at radius 3 is 2.89 bits per heavy atom. The molecule has 0 bridgehead atoms. The number of rotatable bonds is 5. The van der Waals surface area contributed by atoms with Crippen LogP contribution in [0.15, 0.2) is 17.9 Å². The molecule has 1 unspecified atom stereocenters. The van der Waals surface area contributed by atoms with Gasteiger partial charge in [-0.15, -0.1) is 11.3 Å². The van der Waals surface area contributed by atoms with Gasteiger partial charge >= 0.3 is 0 Å². The Balaban J connectivity index is 2.00. The predicted molar refractivity (Wildman–Crippen MR) is 73.7 cm³/mol. The van der Waals surface area contributed by atoms with Crippen molar-refractivity contribution < 1.29 is 4.79 Å². The van der Waals surface area contributed by atoms with Crippen LogP contribution in [0.3, 0.4) is 0 Å². The molecule has 1 amide bonds. The maximum Gasteiger partial charge on any atom is 0.242 e. The van der Waals surface area contributed by atoms with Crippen LogP contribution < -0.4 is 10.6 Å². The third-order valence-electron chi connectivity index (χ3n) is 2.88. The smallest absolute Gasteiger partial charge is 0.242 e. The van der Waals surface area contributed by atoms with Crippen LogP contribution in [0.4, 0.5) is 0 Å². The first-order chi connectivity index (χ1) is 9.11. The summed E-state index contributed by atoms with van der Waals surface area (Å²) in [6.07, 6.45) is 3.53. The zero-order valence-electron chi connectivity index (χ0n) is 11.2. The average molecular weight is 279 g/mol. The van der Waals surface area contributed by atoms with Gasteiger partial charge in [0.2, 0.25) is 5.91 Å². The molecule has 7 heteroatoms. The van der Waals surface area contributed by atoms with E-state index in [1.165, 1.54) is 0 Å². The molecular formula is C12H17N5OS. The van der Waals surface area contributed by atoms with Crippen molar-refractivity contribution in [2.75, 3.05) is 7.05 Å². The monoisotopic (exact) mass is 279 g/mol. The number of hydrogen-bond donors (Lipinski definition) is 2. The molecule has 0 aliphatic heterocycles. The Morgan fingerprint density at radius 2 is 2.37 bits per heavy atom. The number of thiazole rings is 1. The fraction of sp³-hybridized carbons (Fsp3) is 0.417. The number of nitrogens with zero attached hydrogens (tertiary/aromatic N) is 3. The average Bonchev–Trinajstić information content (AvgIpc) is 2.97. The number of aryl methyl sites for hydroxylation is 2. The van der Waals surface area contributed by atoms with Gasteiger partial charge in [0, 0.05) is 23.7 Å². The molecule has 0 spiro atoms. The summed E-state index contributed by atoms with van der Waals surface area (Å²) in [6.45, 7) is 2.45. The van der Waals surface area contributed by atoms with Gasteiger partial charge < -0.3 is 10.6 Å². The highest BCUT2D eigenvalue weighted by molar-refractivity contribution is 7.09. The van der Waals surface area contributed by atoms with Gasteiger partial charge in [0.05, 0.1) is 23.9 Å². The molecule has 102 valence electrons. The van der Waals surface area contributed by atoms with Gasteiger partial charge in [-0.05, 0) is 14.0 Å². The van der Waals surface area contributed by atoms with E-state index < -0.39 is 0 Å². The number of carbonyl (C=O) groups excluding carboxylic acids is 1. The normalized spacial score (nSPS) is 12.4. The quantitative estimate of drug-likeness (QED) is 0.847. The second kappa shape index (κ2) is 5.94. The number of likely N-dealkylation sites (N-methyl/N-ethyl adjacent to an activating group) is 1. The number of carbonyl (C=O) groups is 1. The molecule has 6 nitrogen and oxygen atoms in total. The Hall–Kier alpha value is -1.73. The molecule has 2 aromatic rings. The van der Waals surface area contributed by atoms with Gasteiger partial charge in [-0.1, -0.05) is 0 Å². The summed E-state index contributed by atoms with van der Waals surface area (Å²) >= 11 is 1.55. The maximum absolute atomic E-state index is 12.2. The molecule has 1 atom stereocenters. The highest BCUT2D eigenvalue weighted by Crippen LogP contribution is 2.14. The lowest BCUT2D eigenvalue weighted by atomic mass is 10.1. The summed E-state index contributed by atoms with van der Waals surface area (Å²) in [6, 6.07) is -0.387. The minimum atomic E-state index is -0.387. The number of amides is 1. The lowest BCUT2D eigenvalue weighted by Crippen LogP contribution is -2.35. The summed E-state index contributed by atoms with van der Waals surface area (Å²) in [5, 5.41) is 10.00. The first-order valence-electron chi connectivity index (χ1n) is 5.94. The summed E-state index contributed by atoms with van der Waals surface area (Å²) in [5.41, 5.74) is 3.60. The second-order valence-corrected chi connectivity index (χ2v) is 5.19. The van der Waals surface area contributed by atoms with Crippen LogP contribution in [-0.4, -0.2) is 27.7 Å². The Labute approximate surface area is 115 Å². The molecule has 0 radical (unpaired) electrons. The van der Waals surface area contributed by atoms with Crippen molar-refractivity contribution in [3.63, 3.8) is 0 Å². The third-order valence-corrected chi connectivity index (χ3v) is 3.81. The zero-order valence-corrected chi connectivity index (χ0v) is 12.0. The van der Waals surface area contributed by atoms with Crippen molar-refractivity contribution in [2.45, 2.75) is 19.5 Å². The predicted octanol–water partition coefficient (Wildman–Crippen LogP) is 0.762. The van der Waals surface area contributed by atoms with Gasteiger partial charge in [0.15, 0.2) is 0 Å². The third kappa shape index (κ3) is 3.18. The van der Waals surface area contributed by atoms with Gasteiger partial charge in [-0.25, -0.2) is 4.98 Å². The van der Waals surface area contributed by atoms with Crippen LogP contribution in [-0.2, 0) is 18.4 Å². The standard InChI is InChI=1S/C12H17N5OS/c1-8-10(19-7-15-8)5-14-12(18)11(13-2)9-4-16-17(3)6-9/h4,6-7,11,13H,5H2,1-3H3,(H,14,18). The van der Waals surface area contributed by atoms with Crippen LogP contribution in [0.5, 0.6) is 0 Å². The number of nitrogens with one attached hydrogen (secondary N) is 2. The van der Waals surface area contributed by atoms with Crippen LogP contribution in [0, 0.1) is 6.92 Å². The molecule has 2 N–H and O–H groups in total. The van der Waals surface area contributed by atoms with Crippen molar-refractivity contribution in [1.82, 2.24) is 25.4 Å². The minimum absolute atomic E-state index is 0.0664. The lowest BCUT2D eigenvalue weighted by Gasteiger charge is -2.14. The van der Waals surface area contributed by atoms with E-state index >= 15 is 0 Å². The summed E-state index contributed by atoms with van der Waals surface area (Å²) in [4.78, 5) is 17.4. The highest BCUT2D eigenvalue weighted by Gasteiger charge is 2.20. The molecule has 0 aliphatic carbocycles. The van der Waals surface area contributed by atoms with Gasteiger partial charge in [-0.2, -0.15) is 5.10 Å². The Morgan fingerprint density at radius 1 is 1.58 bits per heavy atom. The molecule has 0 saturated heterocycles. The molecule has 0 aliphatic rings. The molecular weight excluding hydrogens is 262 g/mol. The van der Waals surface area contributed by atoms with Crippen LogP contribution in [0.1, 0.15) is 22.2 Å². The molecule has 19 heavy (non-hydrogen) atoms. The molecule has 2 aromatic heterocycles. The van der Waals surface area contributed by atoms with Crippen LogP contribution >= 0.6 is 11.3 Å². The summed E-state index contributed by atoms with van der Waals surface area (Å²) < 4.78 is 1.68. The summed E-state index contributed by atoms with van der Waals surface area (Å²) in [7, 11) is 3.59. The minimum Gasteiger partial charge on any atom is -0.349 e. The Bertz CT molecular complexity index is 562. The molecule has 0 aromatic carbocycles. The van der Waals surface area contributed by atoms with E-state index in [9.17, 15) is 4.79 Å². The highest BCUT2D eigenvalue weighted by atomic mass is 32.1. The Kier molecular flexibility index (Phi) is 4.28. The van der Waals surface area contributed by atoms with E-state index in [4.69, 9.17) is 0 Å². The van der Waals surface area contributed by atoms with E-state index in [0.29, 0.717) is 6.54 Å². The van der Waals surface area contributed by atoms with Crippen molar-refractivity contribution in [3.05, 3.63) is 34.0 Å². The SMILES string of the molecule is CNC(C(=O)NCc1scnc1C)c1cnn(C)c1. The van der Waals surface area contributed by atoms with Gasteiger partial charge in [0.1, 0.15) is 6.04 Å². The van der Waals surface area contributed by atoms with E-state index in [0.717, 1.165) is 16.1 Å². The van der Waals surface area contributed by atoms with Gasteiger partial charge in [0.25, 0.3) is 0 Å². The fourth-order valence-electron chi connectivity index (χ4n) is 1.80. The maximum atomic E-state index is 12.2. The number of hydrogen-bond acceptors (Lipinski definition) is 5. The topological polar surface area (TPSA) is 71.8 Å². The van der Waals surface area contributed by atoms with E-state index in [1.807, 2.05) is 20.2 Å². The number of aromatic nitrogens is 3. The largest absolute Gasteiger partial charge is 0.349 e. The van der Waals surface area contributed by atoms with E-state index in [-0.39, 0.29) is 11.9 Å². The van der Waals surface area contributed by atoms with E-state index in [2.05, 4.69) is 20.7 Å².